The summed E-state index contributed by atoms with van der Waals surface area (Å²) in [5.74, 6) is -8.84. The van der Waals surface area contributed by atoms with E-state index in [-0.39, 0.29) is 5.56 Å². The number of halogens is 4. The minimum absolute atomic E-state index is 0.107. The molecule has 0 saturated carbocycles. The van der Waals surface area contributed by atoms with Gasteiger partial charge in [-0.25, -0.2) is 13.6 Å². The first kappa shape index (κ1) is 17.5. The Balaban J connectivity index is 2.22. The molecule has 2 aromatic rings. The first-order valence-electron chi connectivity index (χ1n) is 6.69. The lowest BCUT2D eigenvalue weighted by molar-refractivity contribution is 0.0462. The number of carbonyl (C=O) groups is 1. The van der Waals surface area contributed by atoms with Gasteiger partial charge in [-0.3, -0.25) is 0 Å². The first-order chi connectivity index (χ1) is 11.4. The number of methoxy groups -OCH3 is 1. The molecule has 0 N–H and O–H groups in total. The first-order valence-corrected chi connectivity index (χ1v) is 6.69. The molecule has 0 heterocycles. The number of hydrogen-bond acceptors (Lipinski definition) is 3. The zero-order valence-corrected chi connectivity index (χ0v) is 12.5. The molecule has 0 aliphatic rings. The van der Waals surface area contributed by atoms with E-state index in [1.807, 2.05) is 0 Å². The molecule has 0 amide bonds. The summed E-state index contributed by atoms with van der Waals surface area (Å²) in [7, 11) is 0.868. The third-order valence-corrected chi connectivity index (χ3v) is 3.25. The van der Waals surface area contributed by atoms with Gasteiger partial charge in [0.1, 0.15) is 6.61 Å². The summed E-state index contributed by atoms with van der Waals surface area (Å²) in [6.07, 6.45) is 1.56. The fourth-order valence-corrected chi connectivity index (χ4v) is 1.94. The molecule has 0 bridgehead atoms. The summed E-state index contributed by atoms with van der Waals surface area (Å²) >= 11 is 0. The summed E-state index contributed by atoms with van der Waals surface area (Å²) < 4.78 is 63.7. The van der Waals surface area contributed by atoms with Gasteiger partial charge < -0.3 is 9.47 Å². The van der Waals surface area contributed by atoms with Crippen LogP contribution in [0.2, 0.25) is 0 Å². The maximum atomic E-state index is 13.8. The van der Waals surface area contributed by atoms with Crippen molar-refractivity contribution in [1.82, 2.24) is 0 Å². The SMILES string of the molecule is C=Cc1ccc(C(=O)OCc2c(F)c(F)c(OC)c(F)c2F)cc1. The smallest absolute Gasteiger partial charge is 0.338 e. The molecule has 0 aliphatic carbocycles. The van der Waals surface area contributed by atoms with Crippen LogP contribution in [0.3, 0.4) is 0 Å². The van der Waals surface area contributed by atoms with E-state index >= 15 is 0 Å². The number of benzene rings is 2. The van der Waals surface area contributed by atoms with Crippen molar-refractivity contribution in [2.45, 2.75) is 6.61 Å². The second-order valence-corrected chi connectivity index (χ2v) is 4.67. The molecule has 0 unspecified atom stereocenters. The van der Waals surface area contributed by atoms with Gasteiger partial charge in [-0.1, -0.05) is 24.8 Å². The molecule has 7 heteroatoms. The van der Waals surface area contributed by atoms with Crippen molar-refractivity contribution in [3.8, 4) is 5.75 Å². The molecular weight excluding hydrogens is 328 g/mol. The van der Waals surface area contributed by atoms with E-state index in [4.69, 9.17) is 4.74 Å². The van der Waals surface area contributed by atoms with Gasteiger partial charge in [-0.05, 0) is 17.7 Å². The number of rotatable bonds is 5. The molecule has 0 atom stereocenters. The Morgan fingerprint density at radius 2 is 1.58 bits per heavy atom. The fraction of sp³-hybridized carbons (Fsp3) is 0.118. The van der Waals surface area contributed by atoms with Crippen LogP contribution in [0.4, 0.5) is 17.6 Å². The summed E-state index contributed by atoms with van der Waals surface area (Å²) in [5.41, 5.74) is -0.180. The molecule has 126 valence electrons. The number of carbonyl (C=O) groups excluding carboxylic acids is 1. The highest BCUT2D eigenvalue weighted by Gasteiger charge is 2.27. The molecule has 0 aliphatic heterocycles. The zero-order valence-electron chi connectivity index (χ0n) is 12.5. The predicted octanol–water partition coefficient (Wildman–Crippen LogP) is 4.25. The molecular formula is C17H12F4O3. The molecule has 2 rings (SSSR count). The van der Waals surface area contributed by atoms with Gasteiger partial charge in [0, 0.05) is 0 Å². The second-order valence-electron chi connectivity index (χ2n) is 4.67. The van der Waals surface area contributed by atoms with Crippen LogP contribution in [0, 0.1) is 23.3 Å². The standard InChI is InChI=1S/C17H12F4O3/c1-3-9-4-6-10(7-5-9)17(22)24-8-11-12(18)14(20)16(23-2)15(21)13(11)19/h3-7H,1,8H2,2H3. The van der Waals surface area contributed by atoms with Crippen LogP contribution in [-0.4, -0.2) is 13.1 Å². The molecule has 0 fully saturated rings. The van der Waals surface area contributed by atoms with E-state index in [1.165, 1.54) is 12.1 Å². The molecule has 0 aromatic heterocycles. The van der Waals surface area contributed by atoms with Gasteiger partial charge >= 0.3 is 5.97 Å². The van der Waals surface area contributed by atoms with Crippen molar-refractivity contribution < 1.29 is 31.8 Å². The van der Waals surface area contributed by atoms with Crippen LogP contribution < -0.4 is 4.74 Å². The van der Waals surface area contributed by atoms with E-state index in [0.717, 1.165) is 12.7 Å². The largest absolute Gasteiger partial charge is 0.491 e. The van der Waals surface area contributed by atoms with Crippen LogP contribution in [0.15, 0.2) is 30.8 Å². The molecule has 24 heavy (non-hydrogen) atoms. The van der Waals surface area contributed by atoms with Crippen LogP contribution >= 0.6 is 0 Å². The van der Waals surface area contributed by atoms with Gasteiger partial charge in [0.15, 0.2) is 17.4 Å². The highest BCUT2D eigenvalue weighted by atomic mass is 19.2. The Morgan fingerprint density at radius 3 is 2.04 bits per heavy atom. The lowest BCUT2D eigenvalue weighted by Crippen LogP contribution is -2.11. The quantitative estimate of drug-likeness (QED) is 0.464. The van der Waals surface area contributed by atoms with Crippen LogP contribution in [-0.2, 0) is 11.3 Å². The van der Waals surface area contributed by atoms with Crippen molar-refractivity contribution in [2.75, 3.05) is 7.11 Å². The van der Waals surface area contributed by atoms with E-state index in [1.54, 1.807) is 18.2 Å². The van der Waals surface area contributed by atoms with Crippen molar-refractivity contribution in [2.24, 2.45) is 0 Å². The van der Waals surface area contributed by atoms with Crippen molar-refractivity contribution in [3.05, 3.63) is 70.8 Å². The summed E-state index contributed by atoms with van der Waals surface area (Å²) in [6.45, 7) is 2.58. The van der Waals surface area contributed by atoms with E-state index in [0.29, 0.717) is 0 Å². The molecule has 0 spiro atoms. The third-order valence-electron chi connectivity index (χ3n) is 3.25. The van der Waals surface area contributed by atoms with Gasteiger partial charge in [0.2, 0.25) is 11.6 Å². The van der Waals surface area contributed by atoms with Gasteiger partial charge in [0.05, 0.1) is 18.2 Å². The lowest BCUT2D eigenvalue weighted by Gasteiger charge is -2.11. The average molecular weight is 340 g/mol. The second kappa shape index (κ2) is 7.16. The van der Waals surface area contributed by atoms with Crippen molar-refractivity contribution >= 4 is 12.0 Å². The molecule has 3 nitrogen and oxygen atoms in total. The zero-order chi connectivity index (χ0) is 17.9. The van der Waals surface area contributed by atoms with Crippen molar-refractivity contribution in [3.63, 3.8) is 0 Å². The number of esters is 1. The Labute approximate surface area is 135 Å². The Morgan fingerprint density at radius 1 is 1.04 bits per heavy atom. The normalized spacial score (nSPS) is 10.4. The maximum Gasteiger partial charge on any atom is 0.338 e. The van der Waals surface area contributed by atoms with Crippen LogP contribution in [0.25, 0.3) is 6.08 Å². The predicted molar refractivity (Wildman–Crippen MR) is 78.5 cm³/mol. The lowest BCUT2D eigenvalue weighted by atomic mass is 10.1. The minimum atomic E-state index is -1.70. The van der Waals surface area contributed by atoms with Crippen LogP contribution in [0.5, 0.6) is 5.75 Å². The van der Waals surface area contributed by atoms with E-state index < -0.39 is 47.2 Å². The van der Waals surface area contributed by atoms with Crippen LogP contribution in [0.1, 0.15) is 21.5 Å². The van der Waals surface area contributed by atoms with E-state index in [2.05, 4.69) is 11.3 Å². The van der Waals surface area contributed by atoms with Gasteiger partial charge in [0.25, 0.3) is 0 Å². The minimum Gasteiger partial charge on any atom is -0.491 e. The topological polar surface area (TPSA) is 35.5 Å². The van der Waals surface area contributed by atoms with Gasteiger partial charge in [-0.15, -0.1) is 0 Å². The van der Waals surface area contributed by atoms with Gasteiger partial charge in [-0.2, -0.15) is 8.78 Å². The Hall–Kier alpha value is -2.83. The van der Waals surface area contributed by atoms with E-state index in [9.17, 15) is 22.4 Å². The monoisotopic (exact) mass is 340 g/mol. The Kier molecular flexibility index (Phi) is 5.23. The summed E-state index contributed by atoms with van der Waals surface area (Å²) in [6, 6.07) is 6.00. The average Bonchev–Trinajstić information content (AvgIpc) is 2.60. The number of hydrogen-bond donors (Lipinski definition) is 0. The molecule has 2 aromatic carbocycles. The molecule has 0 radical (unpaired) electrons. The fourth-order valence-electron chi connectivity index (χ4n) is 1.94. The maximum absolute atomic E-state index is 13.8. The third kappa shape index (κ3) is 3.24. The number of ether oxygens (including phenoxy) is 2. The summed E-state index contributed by atoms with van der Waals surface area (Å²) in [4.78, 5) is 11.8. The highest BCUT2D eigenvalue weighted by Crippen LogP contribution is 2.30. The Bertz CT molecular complexity index is 756. The highest BCUT2D eigenvalue weighted by molar-refractivity contribution is 5.89. The van der Waals surface area contributed by atoms with Crippen molar-refractivity contribution in [1.29, 1.82) is 0 Å². The summed E-state index contributed by atoms with van der Waals surface area (Å²) in [5, 5.41) is 0. The molecule has 0 saturated heterocycles.